The average Bonchev–Trinajstić information content (AvgIpc) is 2.93. The number of nitrogens with one attached hydrogen (secondary N) is 1. The van der Waals surface area contributed by atoms with Gasteiger partial charge in [0.05, 0.1) is 29.1 Å². The summed E-state index contributed by atoms with van der Waals surface area (Å²) < 4.78 is 44.6. The van der Waals surface area contributed by atoms with Gasteiger partial charge in [0, 0.05) is 18.3 Å². The fraction of sp³-hybridized carbons (Fsp3) is 0.235. The smallest absolute Gasteiger partial charge is 0.260 e. The van der Waals surface area contributed by atoms with Crippen molar-refractivity contribution in [1.82, 2.24) is 0 Å². The molecule has 1 aliphatic heterocycles. The third-order valence-electron chi connectivity index (χ3n) is 4.00. The Morgan fingerprint density at radius 2 is 2.08 bits per heavy atom. The van der Waals surface area contributed by atoms with Gasteiger partial charge in [-0.1, -0.05) is 17.7 Å². The van der Waals surface area contributed by atoms with Gasteiger partial charge in [-0.25, -0.2) is 12.8 Å². The molecule has 0 radical (unpaired) electrons. The fourth-order valence-electron chi connectivity index (χ4n) is 2.78. The van der Waals surface area contributed by atoms with Gasteiger partial charge in [-0.2, -0.15) is 0 Å². The first-order valence-corrected chi connectivity index (χ1v) is 9.76. The van der Waals surface area contributed by atoms with Crippen LogP contribution < -0.4 is 14.4 Å². The number of rotatable bonds is 4. The molecule has 0 aliphatic carbocycles. The molecule has 0 bridgehead atoms. The molecule has 26 heavy (non-hydrogen) atoms. The summed E-state index contributed by atoms with van der Waals surface area (Å²) in [5, 5.41) is 2.54. The number of benzene rings is 2. The Labute approximate surface area is 155 Å². The maximum atomic E-state index is 13.9. The number of sulfonamides is 1. The Morgan fingerprint density at radius 1 is 1.31 bits per heavy atom. The molecule has 9 heteroatoms. The van der Waals surface area contributed by atoms with Gasteiger partial charge in [0.2, 0.25) is 10.0 Å². The SMILES string of the molecule is COc1cc(NC(=O)c2c(F)cccc2Cl)ccc1N1CCCS1(=O)=O. The van der Waals surface area contributed by atoms with Crippen LogP contribution in [0.4, 0.5) is 15.8 Å². The summed E-state index contributed by atoms with van der Waals surface area (Å²) in [6.45, 7) is 0.370. The largest absolute Gasteiger partial charge is 0.494 e. The van der Waals surface area contributed by atoms with Crippen molar-refractivity contribution < 1.29 is 22.3 Å². The van der Waals surface area contributed by atoms with Crippen molar-refractivity contribution in [3.63, 3.8) is 0 Å². The number of methoxy groups -OCH3 is 1. The van der Waals surface area contributed by atoms with Gasteiger partial charge in [0.15, 0.2) is 0 Å². The monoisotopic (exact) mass is 398 g/mol. The van der Waals surface area contributed by atoms with Crippen molar-refractivity contribution in [3.05, 3.63) is 52.8 Å². The normalized spacial score (nSPS) is 15.7. The second-order valence-corrected chi connectivity index (χ2v) is 8.10. The Kier molecular flexibility index (Phi) is 5.06. The van der Waals surface area contributed by atoms with Crippen LogP contribution in [-0.4, -0.2) is 33.7 Å². The van der Waals surface area contributed by atoms with E-state index in [1.807, 2.05) is 0 Å². The summed E-state index contributed by atoms with van der Waals surface area (Å²) in [6.07, 6.45) is 0.537. The summed E-state index contributed by atoms with van der Waals surface area (Å²) in [4.78, 5) is 12.3. The zero-order chi connectivity index (χ0) is 18.9. The number of carbonyl (C=O) groups excluding carboxylic acids is 1. The first-order chi connectivity index (χ1) is 12.3. The maximum absolute atomic E-state index is 13.9. The second-order valence-electron chi connectivity index (χ2n) is 5.68. The molecule has 1 fully saturated rings. The highest BCUT2D eigenvalue weighted by molar-refractivity contribution is 7.93. The van der Waals surface area contributed by atoms with Crippen LogP contribution in [0, 0.1) is 5.82 Å². The number of halogens is 2. The lowest BCUT2D eigenvalue weighted by Gasteiger charge is -2.20. The minimum atomic E-state index is -3.36. The molecule has 1 amide bonds. The first-order valence-electron chi connectivity index (χ1n) is 7.77. The van der Waals surface area contributed by atoms with Crippen LogP contribution in [0.3, 0.4) is 0 Å². The van der Waals surface area contributed by atoms with Gasteiger partial charge < -0.3 is 10.1 Å². The minimum Gasteiger partial charge on any atom is -0.494 e. The molecule has 0 aromatic heterocycles. The number of ether oxygens (including phenoxy) is 1. The molecule has 0 atom stereocenters. The fourth-order valence-corrected chi connectivity index (χ4v) is 4.60. The van der Waals surface area contributed by atoms with Crippen LogP contribution in [0.1, 0.15) is 16.8 Å². The lowest BCUT2D eigenvalue weighted by Crippen LogP contribution is -2.25. The van der Waals surface area contributed by atoms with Crippen molar-refractivity contribution in [2.24, 2.45) is 0 Å². The zero-order valence-corrected chi connectivity index (χ0v) is 15.4. The third-order valence-corrected chi connectivity index (χ3v) is 6.17. The molecule has 1 saturated heterocycles. The molecular weight excluding hydrogens is 383 g/mol. The van der Waals surface area contributed by atoms with Crippen LogP contribution in [-0.2, 0) is 10.0 Å². The molecule has 0 unspecified atom stereocenters. The highest BCUT2D eigenvalue weighted by Crippen LogP contribution is 2.35. The van der Waals surface area contributed by atoms with Crippen LogP contribution in [0.5, 0.6) is 5.75 Å². The Hall–Kier alpha value is -2.32. The molecule has 6 nitrogen and oxygen atoms in total. The zero-order valence-electron chi connectivity index (χ0n) is 13.8. The summed E-state index contributed by atoms with van der Waals surface area (Å²) in [6, 6.07) is 8.52. The van der Waals surface area contributed by atoms with Gasteiger partial charge in [0.1, 0.15) is 11.6 Å². The molecule has 0 spiro atoms. The van der Waals surface area contributed by atoms with E-state index in [4.69, 9.17) is 16.3 Å². The lowest BCUT2D eigenvalue weighted by molar-refractivity contribution is 0.102. The molecule has 138 valence electrons. The highest BCUT2D eigenvalue weighted by Gasteiger charge is 2.30. The van der Waals surface area contributed by atoms with E-state index in [1.54, 1.807) is 6.07 Å². The Balaban J connectivity index is 1.90. The summed E-state index contributed by atoms with van der Waals surface area (Å²) in [7, 11) is -1.96. The summed E-state index contributed by atoms with van der Waals surface area (Å²) >= 11 is 5.89. The van der Waals surface area contributed by atoms with Crippen molar-refractivity contribution in [3.8, 4) is 5.75 Å². The number of anilines is 2. The van der Waals surface area contributed by atoms with Crippen LogP contribution >= 0.6 is 11.6 Å². The number of hydrogen-bond acceptors (Lipinski definition) is 4. The minimum absolute atomic E-state index is 0.00533. The number of carbonyl (C=O) groups is 1. The van der Waals surface area contributed by atoms with Gasteiger partial charge in [-0.3, -0.25) is 9.10 Å². The van der Waals surface area contributed by atoms with Gasteiger partial charge in [0.25, 0.3) is 5.91 Å². The predicted molar refractivity (Wildman–Crippen MR) is 98.1 cm³/mol. The molecule has 1 heterocycles. The number of nitrogens with zero attached hydrogens (tertiary/aromatic N) is 1. The van der Waals surface area contributed by atoms with E-state index in [2.05, 4.69) is 5.32 Å². The van der Waals surface area contributed by atoms with Crippen molar-refractivity contribution in [2.45, 2.75) is 6.42 Å². The second kappa shape index (κ2) is 7.13. The van der Waals surface area contributed by atoms with E-state index in [-0.39, 0.29) is 22.1 Å². The van der Waals surface area contributed by atoms with Crippen molar-refractivity contribution >= 4 is 38.9 Å². The Bertz CT molecular complexity index is 945. The van der Waals surface area contributed by atoms with E-state index in [0.29, 0.717) is 24.3 Å². The average molecular weight is 399 g/mol. The van der Waals surface area contributed by atoms with E-state index in [0.717, 1.165) is 6.07 Å². The van der Waals surface area contributed by atoms with E-state index in [1.165, 1.54) is 35.7 Å². The molecule has 2 aromatic rings. The first kappa shape index (κ1) is 18.5. The van der Waals surface area contributed by atoms with E-state index >= 15 is 0 Å². The van der Waals surface area contributed by atoms with Crippen LogP contribution in [0.25, 0.3) is 0 Å². The van der Waals surface area contributed by atoms with Crippen molar-refractivity contribution in [1.29, 1.82) is 0 Å². The molecular formula is C17H16ClFN2O4S. The lowest BCUT2D eigenvalue weighted by atomic mass is 10.2. The van der Waals surface area contributed by atoms with Gasteiger partial charge in [-0.05, 0) is 30.7 Å². The molecule has 3 rings (SSSR count). The highest BCUT2D eigenvalue weighted by atomic mass is 35.5. The van der Waals surface area contributed by atoms with Crippen LogP contribution in [0.15, 0.2) is 36.4 Å². The van der Waals surface area contributed by atoms with Crippen molar-refractivity contribution in [2.75, 3.05) is 29.0 Å². The van der Waals surface area contributed by atoms with E-state index in [9.17, 15) is 17.6 Å². The number of amides is 1. The topological polar surface area (TPSA) is 75.7 Å². The van der Waals surface area contributed by atoms with Crippen LogP contribution in [0.2, 0.25) is 5.02 Å². The predicted octanol–water partition coefficient (Wildman–Crippen LogP) is 3.28. The van der Waals surface area contributed by atoms with Gasteiger partial charge in [-0.15, -0.1) is 0 Å². The molecule has 2 aromatic carbocycles. The third kappa shape index (κ3) is 3.47. The number of hydrogen-bond donors (Lipinski definition) is 1. The van der Waals surface area contributed by atoms with Gasteiger partial charge >= 0.3 is 0 Å². The maximum Gasteiger partial charge on any atom is 0.260 e. The molecule has 1 N–H and O–H groups in total. The summed E-state index contributed by atoms with van der Waals surface area (Å²) in [5.74, 6) is -1.08. The molecule has 0 saturated carbocycles. The standard InChI is InChI=1S/C17H16ClFN2O4S/c1-25-15-10-11(6-7-14(15)21-8-3-9-26(21,23)24)20-17(22)16-12(18)4-2-5-13(16)19/h2,4-7,10H,3,8-9H2,1H3,(H,20,22). The Morgan fingerprint density at radius 3 is 2.69 bits per heavy atom. The quantitative estimate of drug-likeness (QED) is 0.857. The van der Waals surface area contributed by atoms with E-state index < -0.39 is 21.7 Å². The molecule has 1 aliphatic rings. The summed E-state index contributed by atoms with van der Waals surface area (Å²) in [5.41, 5.74) is 0.456.